The number of benzene rings is 3. The number of aliphatic hydroxyl groups is 1. The van der Waals surface area contributed by atoms with Crippen LogP contribution in [0.2, 0.25) is 0 Å². The number of carbonyl (C=O) groups excluding carboxylic acids is 1. The van der Waals surface area contributed by atoms with Gasteiger partial charge in [0.2, 0.25) is 0 Å². The molecule has 3 aromatic carbocycles. The van der Waals surface area contributed by atoms with Crippen LogP contribution in [0.1, 0.15) is 64.0 Å². The van der Waals surface area contributed by atoms with Gasteiger partial charge < -0.3 is 15.7 Å². The Morgan fingerprint density at radius 1 is 1.05 bits per heavy atom. The summed E-state index contributed by atoms with van der Waals surface area (Å²) in [6, 6.07) is 14.3. The van der Waals surface area contributed by atoms with Gasteiger partial charge in [0, 0.05) is 24.2 Å². The van der Waals surface area contributed by atoms with Crippen LogP contribution < -0.4 is 10.6 Å². The molecule has 3 N–H and O–H groups in total. The van der Waals surface area contributed by atoms with E-state index in [-0.39, 0.29) is 36.0 Å². The lowest BCUT2D eigenvalue weighted by molar-refractivity contribution is 0.0825. The summed E-state index contributed by atoms with van der Waals surface area (Å²) in [4.78, 5) is 13.0. The lowest BCUT2D eigenvalue weighted by Crippen LogP contribution is -2.50. The molecular weight excluding hydrogens is 522 g/mol. The molecule has 0 bridgehead atoms. The third-order valence-electron chi connectivity index (χ3n) is 7.02. The van der Waals surface area contributed by atoms with Crippen molar-refractivity contribution in [3.05, 3.63) is 106 Å². The zero-order valence-corrected chi connectivity index (χ0v) is 23.1. The Hall–Kier alpha value is -3.14. The predicted molar refractivity (Wildman–Crippen MR) is 147 cm³/mol. The van der Waals surface area contributed by atoms with Crippen LogP contribution in [0.25, 0.3) is 0 Å². The van der Waals surface area contributed by atoms with E-state index >= 15 is 0 Å². The Bertz CT molecular complexity index is 1440. The van der Waals surface area contributed by atoms with Crippen LogP contribution >= 0.6 is 0 Å². The molecule has 3 atom stereocenters. The van der Waals surface area contributed by atoms with Gasteiger partial charge in [-0.25, -0.2) is 17.2 Å². The van der Waals surface area contributed by atoms with E-state index in [1.165, 1.54) is 0 Å². The molecule has 1 amide bonds. The quantitative estimate of drug-likeness (QED) is 0.364. The van der Waals surface area contributed by atoms with Gasteiger partial charge in [0.25, 0.3) is 5.91 Å². The summed E-state index contributed by atoms with van der Waals surface area (Å²) in [6.45, 7) is 5.92. The van der Waals surface area contributed by atoms with Crippen molar-refractivity contribution < 1.29 is 27.1 Å². The lowest BCUT2D eigenvalue weighted by Gasteiger charge is -2.30. The number of halogens is 2. The first kappa shape index (κ1) is 28.9. The largest absolute Gasteiger partial charge is 0.390 e. The fraction of sp³-hybridized carbons (Fsp3) is 0.367. The number of hydrogen-bond acceptors (Lipinski definition) is 5. The van der Waals surface area contributed by atoms with E-state index in [1.54, 1.807) is 18.2 Å². The summed E-state index contributed by atoms with van der Waals surface area (Å²) in [5.74, 6) is -1.86. The second-order valence-corrected chi connectivity index (χ2v) is 12.7. The zero-order valence-electron chi connectivity index (χ0n) is 22.2. The highest BCUT2D eigenvalue weighted by molar-refractivity contribution is 7.90. The molecule has 0 saturated carbocycles. The highest BCUT2D eigenvalue weighted by Crippen LogP contribution is 2.31. The van der Waals surface area contributed by atoms with Crippen LogP contribution in [0.4, 0.5) is 8.78 Å². The van der Waals surface area contributed by atoms with Gasteiger partial charge in [0.1, 0.15) is 11.6 Å². The van der Waals surface area contributed by atoms with E-state index in [9.17, 15) is 27.1 Å². The van der Waals surface area contributed by atoms with Gasteiger partial charge in [0.15, 0.2) is 9.84 Å². The van der Waals surface area contributed by atoms with Gasteiger partial charge in [-0.05, 0) is 65.8 Å². The number of aryl methyl sites for hydroxylation is 1. The van der Waals surface area contributed by atoms with Gasteiger partial charge in [-0.2, -0.15) is 0 Å². The number of sulfone groups is 1. The molecule has 4 rings (SSSR count). The minimum absolute atomic E-state index is 0.0356. The van der Waals surface area contributed by atoms with Crippen LogP contribution in [-0.4, -0.2) is 43.9 Å². The van der Waals surface area contributed by atoms with Crippen LogP contribution in [0.3, 0.4) is 0 Å². The molecule has 0 spiro atoms. The van der Waals surface area contributed by atoms with Crippen molar-refractivity contribution >= 4 is 15.7 Å². The second-order valence-electron chi connectivity index (χ2n) is 10.6. The molecule has 0 aromatic heterocycles. The van der Waals surface area contributed by atoms with E-state index < -0.39 is 45.6 Å². The smallest absolute Gasteiger partial charge is 0.251 e. The number of fused-ring (bicyclic) bond motifs is 1. The number of hydrogen-bond donors (Lipinski definition) is 3. The van der Waals surface area contributed by atoms with Crippen LogP contribution in [-0.2, 0) is 22.0 Å². The molecule has 0 radical (unpaired) electrons. The van der Waals surface area contributed by atoms with E-state index in [4.69, 9.17) is 0 Å². The van der Waals surface area contributed by atoms with E-state index in [2.05, 4.69) is 24.5 Å². The van der Waals surface area contributed by atoms with Crippen molar-refractivity contribution in [1.82, 2.24) is 10.6 Å². The molecule has 1 unspecified atom stereocenters. The zero-order chi connectivity index (χ0) is 28.3. The number of carbonyl (C=O) groups is 1. The molecule has 3 aromatic rings. The maximum absolute atomic E-state index is 13.9. The molecule has 9 heteroatoms. The minimum atomic E-state index is -3.36. The van der Waals surface area contributed by atoms with Crippen molar-refractivity contribution in [2.45, 2.75) is 57.1 Å². The van der Waals surface area contributed by atoms with Crippen LogP contribution in [0.15, 0.2) is 60.7 Å². The summed E-state index contributed by atoms with van der Waals surface area (Å²) in [5.41, 5.74) is 4.21. The summed E-state index contributed by atoms with van der Waals surface area (Å²) in [7, 11) is -3.36. The maximum Gasteiger partial charge on any atom is 0.251 e. The van der Waals surface area contributed by atoms with Gasteiger partial charge >= 0.3 is 0 Å². The third kappa shape index (κ3) is 7.50. The predicted octanol–water partition coefficient (Wildman–Crippen LogP) is 4.36. The van der Waals surface area contributed by atoms with Crippen LogP contribution in [0, 0.1) is 18.6 Å². The normalized spacial score (nSPS) is 17.9. The fourth-order valence-corrected chi connectivity index (χ4v) is 6.61. The third-order valence-corrected chi connectivity index (χ3v) is 8.61. The van der Waals surface area contributed by atoms with Crippen molar-refractivity contribution in [2.24, 2.45) is 0 Å². The molecular formula is C30H34F2N2O4S. The molecule has 0 saturated heterocycles. The number of aliphatic hydroxyl groups excluding tert-OH is 1. The van der Waals surface area contributed by atoms with Gasteiger partial charge in [-0.1, -0.05) is 49.7 Å². The van der Waals surface area contributed by atoms with Crippen molar-refractivity contribution in [1.29, 1.82) is 0 Å². The molecule has 1 aliphatic heterocycles. The highest BCUT2D eigenvalue weighted by Gasteiger charge is 2.31. The first-order valence-corrected chi connectivity index (χ1v) is 14.8. The van der Waals surface area contributed by atoms with Gasteiger partial charge in [0.05, 0.1) is 23.7 Å². The molecule has 0 aliphatic carbocycles. The molecule has 6 nitrogen and oxygen atoms in total. The Morgan fingerprint density at radius 2 is 1.77 bits per heavy atom. The number of nitrogens with one attached hydrogen (secondary N) is 2. The second kappa shape index (κ2) is 11.9. The molecule has 208 valence electrons. The topological polar surface area (TPSA) is 95.5 Å². The van der Waals surface area contributed by atoms with Crippen molar-refractivity contribution in [2.75, 3.05) is 12.3 Å². The van der Waals surface area contributed by atoms with Crippen molar-refractivity contribution in [3.63, 3.8) is 0 Å². The lowest BCUT2D eigenvalue weighted by atomic mass is 9.94. The number of rotatable bonds is 9. The van der Waals surface area contributed by atoms with E-state index in [1.807, 2.05) is 31.2 Å². The highest BCUT2D eigenvalue weighted by atomic mass is 32.2. The Morgan fingerprint density at radius 3 is 2.44 bits per heavy atom. The molecule has 1 aliphatic rings. The minimum Gasteiger partial charge on any atom is -0.390 e. The van der Waals surface area contributed by atoms with Crippen molar-refractivity contribution in [3.8, 4) is 0 Å². The first-order valence-electron chi connectivity index (χ1n) is 13.0. The number of amides is 1. The summed E-state index contributed by atoms with van der Waals surface area (Å²) in [5, 5.41) is 17.2. The van der Waals surface area contributed by atoms with E-state index in [0.717, 1.165) is 40.5 Å². The van der Waals surface area contributed by atoms with Gasteiger partial charge in [-0.15, -0.1) is 0 Å². The monoisotopic (exact) mass is 556 g/mol. The van der Waals surface area contributed by atoms with Crippen LogP contribution in [0.5, 0.6) is 0 Å². The Labute approximate surface area is 228 Å². The Kier molecular flexibility index (Phi) is 8.83. The SMILES string of the molecule is Cc1cccc(C(=O)N[C@H](Cc2cc(F)cc(F)c2)[C@@H](O)CNC2CS(=O)(=O)Cc3ccc(C(C)C)cc32)c1. The Balaban J connectivity index is 1.56. The maximum atomic E-state index is 13.9. The summed E-state index contributed by atoms with van der Waals surface area (Å²) in [6.07, 6.45) is -1.22. The van der Waals surface area contributed by atoms with E-state index in [0.29, 0.717) is 5.56 Å². The summed E-state index contributed by atoms with van der Waals surface area (Å²) >= 11 is 0. The summed E-state index contributed by atoms with van der Waals surface area (Å²) < 4.78 is 53.0. The molecule has 1 heterocycles. The fourth-order valence-electron chi connectivity index (χ4n) is 4.95. The average Bonchev–Trinajstić information content (AvgIpc) is 2.85. The standard InChI is InChI=1S/C30H34F2N2O4S/c1-18(2)21-7-8-23-16-39(37,38)17-28(26(23)13-21)33-15-29(35)27(12-20-10-24(31)14-25(32)11-20)34-30(36)22-6-4-5-19(3)9-22/h4-11,13-14,18,27-29,33,35H,12,15-17H2,1-3H3,(H,34,36)/t27-,28?,29+/m1/s1. The molecule has 0 fully saturated rings. The average molecular weight is 557 g/mol. The first-order chi connectivity index (χ1) is 18.4. The molecule has 39 heavy (non-hydrogen) atoms. The van der Waals surface area contributed by atoms with Gasteiger partial charge in [-0.3, -0.25) is 4.79 Å².